The number of nitrogens with zero attached hydrogens (tertiary/aromatic N) is 3. The van der Waals surface area contributed by atoms with Crippen LogP contribution in [0.1, 0.15) is 28.4 Å². The molecule has 6 heteroatoms. The van der Waals surface area contributed by atoms with E-state index in [2.05, 4.69) is 9.98 Å². The van der Waals surface area contributed by atoms with Gasteiger partial charge in [-0.1, -0.05) is 30.3 Å². The van der Waals surface area contributed by atoms with E-state index >= 15 is 0 Å². The third-order valence-corrected chi connectivity index (χ3v) is 4.88. The summed E-state index contributed by atoms with van der Waals surface area (Å²) in [5, 5.41) is 0. The van der Waals surface area contributed by atoms with Crippen molar-refractivity contribution in [3.63, 3.8) is 0 Å². The molecule has 1 aromatic heterocycles. The highest BCUT2D eigenvalue weighted by Gasteiger charge is 2.20. The number of halogens is 1. The van der Waals surface area contributed by atoms with Crippen molar-refractivity contribution in [2.24, 2.45) is 10.7 Å². The van der Waals surface area contributed by atoms with Gasteiger partial charge in [-0.2, -0.15) is 0 Å². The number of aliphatic imine (C=N–C) groups is 1. The molecule has 2 aromatic carbocycles. The van der Waals surface area contributed by atoms with Crippen molar-refractivity contribution >= 4 is 17.3 Å². The van der Waals surface area contributed by atoms with E-state index in [0.29, 0.717) is 12.2 Å². The number of aryl methyl sites for hydroxylation is 1. The minimum absolute atomic E-state index is 0.153. The minimum atomic E-state index is -0.585. The van der Waals surface area contributed by atoms with Crippen LogP contribution in [0, 0.1) is 12.7 Å². The number of nitrogens with two attached hydrogens (primary N) is 1. The highest BCUT2D eigenvalue weighted by atomic mass is 19.1. The second kappa shape index (κ2) is 7.23. The van der Waals surface area contributed by atoms with Gasteiger partial charge in [-0.3, -0.25) is 4.79 Å². The van der Waals surface area contributed by atoms with Crippen LogP contribution in [-0.2, 0) is 11.3 Å². The highest BCUT2D eigenvalue weighted by molar-refractivity contribution is 6.43. The predicted molar refractivity (Wildman–Crippen MR) is 106 cm³/mol. The molecule has 28 heavy (non-hydrogen) atoms. The molecule has 5 nitrogen and oxygen atoms in total. The molecule has 2 heterocycles. The first kappa shape index (κ1) is 17.9. The van der Waals surface area contributed by atoms with Gasteiger partial charge in [-0.05, 0) is 47.9 Å². The number of hydrogen-bond acceptors (Lipinski definition) is 3. The van der Waals surface area contributed by atoms with E-state index in [1.807, 2.05) is 42.0 Å². The summed E-state index contributed by atoms with van der Waals surface area (Å²) in [5.74, 6) is -0.109. The molecule has 0 fully saturated rings. The number of aromatic nitrogens is 2. The van der Waals surface area contributed by atoms with Crippen LogP contribution in [0.3, 0.4) is 0 Å². The van der Waals surface area contributed by atoms with E-state index in [0.717, 1.165) is 22.5 Å². The lowest BCUT2D eigenvalue weighted by Gasteiger charge is -2.16. The number of primary amides is 1. The Bertz CT molecular complexity index is 1100. The number of allylic oxidation sites excluding steroid dienone is 1. The van der Waals surface area contributed by atoms with E-state index < -0.39 is 5.91 Å². The number of amides is 1. The van der Waals surface area contributed by atoms with Crippen LogP contribution in [-0.4, -0.2) is 21.2 Å². The van der Waals surface area contributed by atoms with Crippen LogP contribution >= 0.6 is 0 Å². The third kappa shape index (κ3) is 3.49. The number of imidazole rings is 1. The molecule has 1 aliphatic heterocycles. The molecule has 1 unspecified atom stereocenters. The number of rotatable bonds is 4. The van der Waals surface area contributed by atoms with Crippen molar-refractivity contribution in [3.8, 4) is 0 Å². The van der Waals surface area contributed by atoms with Gasteiger partial charge in [-0.15, -0.1) is 0 Å². The number of hydrogen-bond donors (Lipinski definition) is 1. The number of benzene rings is 2. The quantitative estimate of drug-likeness (QED) is 0.757. The number of carbonyl (C=O) groups excluding carboxylic acids is 1. The molecule has 0 bridgehead atoms. The van der Waals surface area contributed by atoms with Crippen molar-refractivity contribution in [2.45, 2.75) is 19.4 Å². The van der Waals surface area contributed by atoms with Crippen LogP contribution in [0.5, 0.6) is 0 Å². The maximum atomic E-state index is 13.4. The molecule has 1 amide bonds. The van der Waals surface area contributed by atoms with Gasteiger partial charge in [0.25, 0.3) is 5.91 Å². The maximum Gasteiger partial charge on any atom is 0.267 e. The highest BCUT2D eigenvalue weighted by Crippen LogP contribution is 2.36. The summed E-state index contributed by atoms with van der Waals surface area (Å²) in [4.78, 5) is 20.5. The lowest BCUT2D eigenvalue weighted by atomic mass is 9.89. The largest absolute Gasteiger partial charge is 0.364 e. The van der Waals surface area contributed by atoms with Gasteiger partial charge < -0.3 is 10.3 Å². The molecule has 4 rings (SSSR count). The average molecular weight is 374 g/mol. The topological polar surface area (TPSA) is 73.3 Å². The summed E-state index contributed by atoms with van der Waals surface area (Å²) in [6.07, 6.45) is 7.19. The van der Waals surface area contributed by atoms with Crippen molar-refractivity contribution in [1.29, 1.82) is 0 Å². The molecule has 0 aliphatic carbocycles. The zero-order valence-corrected chi connectivity index (χ0v) is 15.3. The van der Waals surface area contributed by atoms with Gasteiger partial charge in [-0.25, -0.2) is 14.4 Å². The Hall–Kier alpha value is -3.54. The SMILES string of the molecule is Cc1nccn1Cc1ccc2c(c1)N=C(C(N)=O)C=CC2c1ccc(F)cc1. The van der Waals surface area contributed by atoms with Crippen LogP contribution in [0.25, 0.3) is 0 Å². The van der Waals surface area contributed by atoms with Gasteiger partial charge >= 0.3 is 0 Å². The molecular formula is C22H19FN4O. The molecule has 0 spiro atoms. The van der Waals surface area contributed by atoms with Crippen LogP contribution in [0.2, 0.25) is 0 Å². The van der Waals surface area contributed by atoms with Crippen LogP contribution < -0.4 is 5.73 Å². The average Bonchev–Trinajstić information content (AvgIpc) is 2.97. The molecule has 0 saturated heterocycles. The Morgan fingerprint density at radius 2 is 2.00 bits per heavy atom. The molecule has 0 radical (unpaired) electrons. The zero-order valence-electron chi connectivity index (χ0n) is 15.3. The minimum Gasteiger partial charge on any atom is -0.364 e. The lowest BCUT2D eigenvalue weighted by Crippen LogP contribution is -2.20. The molecule has 1 atom stereocenters. The number of fused-ring (bicyclic) bond motifs is 1. The van der Waals surface area contributed by atoms with Crippen molar-refractivity contribution in [2.75, 3.05) is 0 Å². The molecule has 0 saturated carbocycles. The van der Waals surface area contributed by atoms with Gasteiger partial charge in [0, 0.05) is 24.9 Å². The summed E-state index contributed by atoms with van der Waals surface area (Å²) in [6.45, 7) is 2.59. The van der Waals surface area contributed by atoms with Crippen LogP contribution in [0.15, 0.2) is 72.0 Å². The van der Waals surface area contributed by atoms with Gasteiger partial charge in [0.15, 0.2) is 0 Å². The zero-order chi connectivity index (χ0) is 19.7. The summed E-state index contributed by atoms with van der Waals surface area (Å²) in [7, 11) is 0. The Balaban J connectivity index is 1.79. The van der Waals surface area contributed by atoms with Crippen molar-refractivity contribution in [3.05, 3.63) is 95.3 Å². The summed E-state index contributed by atoms with van der Waals surface area (Å²) in [5.41, 5.74) is 9.25. The molecule has 1 aliphatic rings. The van der Waals surface area contributed by atoms with Crippen LogP contribution in [0.4, 0.5) is 10.1 Å². The Morgan fingerprint density at radius 1 is 1.21 bits per heavy atom. The number of carbonyl (C=O) groups is 1. The molecule has 3 aromatic rings. The van der Waals surface area contributed by atoms with Crippen molar-refractivity contribution < 1.29 is 9.18 Å². The van der Waals surface area contributed by atoms with E-state index in [1.165, 1.54) is 12.1 Å². The van der Waals surface area contributed by atoms with E-state index in [9.17, 15) is 9.18 Å². The monoisotopic (exact) mass is 374 g/mol. The Kier molecular flexibility index (Phi) is 4.61. The van der Waals surface area contributed by atoms with E-state index in [-0.39, 0.29) is 17.4 Å². The molecular weight excluding hydrogens is 355 g/mol. The molecule has 140 valence electrons. The van der Waals surface area contributed by atoms with E-state index in [4.69, 9.17) is 5.73 Å². The summed E-state index contributed by atoms with van der Waals surface area (Å²) in [6, 6.07) is 12.3. The first-order chi connectivity index (χ1) is 13.5. The second-order valence-corrected chi connectivity index (χ2v) is 6.75. The molecule has 2 N–H and O–H groups in total. The third-order valence-electron chi connectivity index (χ3n) is 4.88. The fraction of sp³-hybridized carbons (Fsp3) is 0.136. The normalized spacial score (nSPS) is 15.6. The predicted octanol–water partition coefficient (Wildman–Crippen LogP) is 3.64. The van der Waals surface area contributed by atoms with Crippen molar-refractivity contribution in [1.82, 2.24) is 9.55 Å². The second-order valence-electron chi connectivity index (χ2n) is 6.75. The van der Waals surface area contributed by atoms with E-state index in [1.54, 1.807) is 24.4 Å². The van der Waals surface area contributed by atoms with Gasteiger partial charge in [0.2, 0.25) is 0 Å². The first-order valence-corrected chi connectivity index (χ1v) is 8.94. The smallest absolute Gasteiger partial charge is 0.267 e. The summed E-state index contributed by atoms with van der Waals surface area (Å²) >= 11 is 0. The summed E-state index contributed by atoms with van der Waals surface area (Å²) < 4.78 is 15.4. The van der Waals surface area contributed by atoms with Gasteiger partial charge in [0.1, 0.15) is 17.4 Å². The van der Waals surface area contributed by atoms with Gasteiger partial charge in [0.05, 0.1) is 5.69 Å². The maximum absolute atomic E-state index is 13.4. The standard InChI is InChI=1S/C22H19FN4O/c1-14-25-10-11-27(14)13-15-2-7-19-18(16-3-5-17(23)6-4-16)8-9-20(22(24)28)26-21(19)12-15/h2-12,18H,13H2,1H3,(H2,24,28). The lowest BCUT2D eigenvalue weighted by molar-refractivity contribution is -0.111. The Morgan fingerprint density at radius 3 is 2.68 bits per heavy atom. The fourth-order valence-corrected chi connectivity index (χ4v) is 3.37. The fourth-order valence-electron chi connectivity index (χ4n) is 3.37. The Labute approximate surface area is 162 Å². The first-order valence-electron chi connectivity index (χ1n) is 8.94.